The monoisotopic (exact) mass is 338 g/mol. The predicted octanol–water partition coefficient (Wildman–Crippen LogP) is 2.64. The van der Waals surface area contributed by atoms with E-state index in [0.717, 1.165) is 11.8 Å². The number of carbonyl (C=O) groups is 3. The molecule has 0 atom stereocenters. The average molecular weight is 339 g/mol. The topological polar surface area (TPSA) is 57.7 Å². The third-order valence-corrected chi connectivity index (χ3v) is 5.08. The maximum absolute atomic E-state index is 12.4. The van der Waals surface area contributed by atoms with Crippen LogP contribution in [0, 0.1) is 0 Å². The molecular formula is C15H15ClN2O3S. The lowest BCUT2D eigenvalue weighted by Crippen LogP contribution is -2.48. The molecule has 22 heavy (non-hydrogen) atoms. The van der Waals surface area contributed by atoms with Gasteiger partial charge in [-0.1, -0.05) is 23.4 Å². The molecule has 3 amide bonds. The van der Waals surface area contributed by atoms with Crippen molar-refractivity contribution in [1.29, 1.82) is 0 Å². The van der Waals surface area contributed by atoms with Gasteiger partial charge in [-0.25, -0.2) is 0 Å². The van der Waals surface area contributed by atoms with E-state index in [1.807, 2.05) is 0 Å². The molecule has 7 heteroatoms. The number of hydrogen-bond acceptors (Lipinski definition) is 4. The number of thioether (sulfide) groups is 1. The number of carbonyl (C=O) groups excluding carboxylic acids is 3. The largest absolute Gasteiger partial charge is 0.338 e. The van der Waals surface area contributed by atoms with E-state index in [1.54, 1.807) is 29.2 Å². The predicted molar refractivity (Wildman–Crippen MR) is 85.1 cm³/mol. The number of imide groups is 1. The molecule has 0 radical (unpaired) electrons. The smallest absolute Gasteiger partial charge is 0.289 e. The molecule has 0 aromatic heterocycles. The number of piperidine rings is 1. The van der Waals surface area contributed by atoms with Crippen LogP contribution >= 0.6 is 23.4 Å². The first-order valence-corrected chi connectivity index (χ1v) is 8.46. The van der Waals surface area contributed by atoms with E-state index >= 15 is 0 Å². The van der Waals surface area contributed by atoms with Crippen LogP contribution in [0.25, 0.3) is 0 Å². The van der Waals surface area contributed by atoms with Crippen molar-refractivity contribution in [3.63, 3.8) is 0 Å². The second kappa shape index (κ2) is 6.30. The average Bonchev–Trinajstić information content (AvgIpc) is 2.86. The van der Waals surface area contributed by atoms with Crippen LogP contribution in [0.5, 0.6) is 0 Å². The van der Waals surface area contributed by atoms with Gasteiger partial charge in [0.2, 0.25) is 5.91 Å². The summed E-state index contributed by atoms with van der Waals surface area (Å²) in [6.45, 7) is 1.10. The normalized spacial score (nSPS) is 19.9. The van der Waals surface area contributed by atoms with Gasteiger partial charge in [-0.05, 0) is 37.1 Å². The molecule has 1 aromatic carbocycles. The molecule has 0 N–H and O–H groups in total. The molecule has 2 fully saturated rings. The first-order chi connectivity index (χ1) is 10.6. The number of nitrogens with zero attached hydrogens (tertiary/aromatic N) is 2. The summed E-state index contributed by atoms with van der Waals surface area (Å²) in [5, 5.41) is 0.436. The molecule has 0 saturated carbocycles. The Kier molecular flexibility index (Phi) is 4.40. The molecule has 0 aliphatic carbocycles. The number of likely N-dealkylation sites (tertiary alicyclic amines) is 1. The molecule has 3 rings (SSSR count). The summed E-state index contributed by atoms with van der Waals surface area (Å²) < 4.78 is 0. The van der Waals surface area contributed by atoms with E-state index in [-0.39, 0.29) is 28.8 Å². The van der Waals surface area contributed by atoms with Crippen molar-refractivity contribution in [1.82, 2.24) is 9.80 Å². The minimum atomic E-state index is -0.160. The summed E-state index contributed by atoms with van der Waals surface area (Å²) in [5.41, 5.74) is 0.603. The van der Waals surface area contributed by atoms with Gasteiger partial charge in [0, 0.05) is 29.7 Å². The fourth-order valence-corrected chi connectivity index (χ4v) is 3.72. The molecule has 0 spiro atoms. The minimum Gasteiger partial charge on any atom is -0.338 e. The first kappa shape index (κ1) is 15.4. The Balaban J connectivity index is 1.62. The van der Waals surface area contributed by atoms with Gasteiger partial charge in [-0.3, -0.25) is 19.3 Å². The molecule has 2 saturated heterocycles. The van der Waals surface area contributed by atoms with Crippen LogP contribution in [-0.2, 0) is 4.79 Å². The number of benzene rings is 1. The van der Waals surface area contributed by atoms with E-state index in [9.17, 15) is 14.4 Å². The molecule has 1 aromatic rings. The lowest BCUT2D eigenvalue weighted by molar-refractivity contribution is -0.126. The molecule has 0 bridgehead atoms. The highest BCUT2D eigenvalue weighted by molar-refractivity contribution is 8.14. The highest BCUT2D eigenvalue weighted by atomic mass is 35.5. The van der Waals surface area contributed by atoms with Crippen LogP contribution in [0.4, 0.5) is 4.79 Å². The van der Waals surface area contributed by atoms with Crippen LogP contribution in [0.1, 0.15) is 23.2 Å². The molecule has 0 unspecified atom stereocenters. The summed E-state index contributed by atoms with van der Waals surface area (Å²) in [5.74, 6) is 0.0870. The van der Waals surface area contributed by atoms with Crippen molar-refractivity contribution in [2.24, 2.45) is 0 Å². The van der Waals surface area contributed by atoms with E-state index in [4.69, 9.17) is 11.6 Å². The van der Waals surface area contributed by atoms with Crippen LogP contribution in [0.2, 0.25) is 5.02 Å². The Hall–Kier alpha value is -1.53. The zero-order valence-electron chi connectivity index (χ0n) is 11.8. The van der Waals surface area contributed by atoms with Gasteiger partial charge in [0.25, 0.3) is 11.1 Å². The second-order valence-corrected chi connectivity index (χ2v) is 6.71. The Labute approximate surface area is 137 Å². The van der Waals surface area contributed by atoms with Crippen molar-refractivity contribution in [3.05, 3.63) is 34.9 Å². The number of rotatable bonds is 2. The van der Waals surface area contributed by atoms with E-state index in [2.05, 4.69) is 0 Å². The molecule has 5 nitrogen and oxygen atoms in total. The Morgan fingerprint density at radius 1 is 1.14 bits per heavy atom. The zero-order chi connectivity index (χ0) is 15.7. The van der Waals surface area contributed by atoms with Crippen LogP contribution in [0.3, 0.4) is 0 Å². The summed E-state index contributed by atoms with van der Waals surface area (Å²) in [6.07, 6.45) is 1.27. The minimum absolute atomic E-state index is 0.0384. The number of hydrogen-bond donors (Lipinski definition) is 0. The lowest BCUT2D eigenvalue weighted by Gasteiger charge is -2.35. The Morgan fingerprint density at radius 3 is 2.32 bits per heavy atom. The van der Waals surface area contributed by atoms with Crippen LogP contribution < -0.4 is 0 Å². The van der Waals surface area contributed by atoms with Gasteiger partial charge in [-0.2, -0.15) is 0 Å². The van der Waals surface area contributed by atoms with Crippen molar-refractivity contribution in [2.75, 3.05) is 18.8 Å². The van der Waals surface area contributed by atoms with Gasteiger partial charge in [-0.15, -0.1) is 0 Å². The maximum atomic E-state index is 12.4. The van der Waals surface area contributed by atoms with Gasteiger partial charge < -0.3 is 4.90 Å². The third-order valence-electron chi connectivity index (χ3n) is 3.99. The second-order valence-electron chi connectivity index (χ2n) is 5.35. The fraction of sp³-hybridized carbons (Fsp3) is 0.400. The number of amides is 3. The molecule has 2 heterocycles. The number of halogens is 1. The van der Waals surface area contributed by atoms with Gasteiger partial charge >= 0.3 is 0 Å². The maximum Gasteiger partial charge on any atom is 0.289 e. The van der Waals surface area contributed by atoms with E-state index in [1.165, 1.54) is 4.90 Å². The first-order valence-electron chi connectivity index (χ1n) is 7.10. The van der Waals surface area contributed by atoms with Gasteiger partial charge in [0.15, 0.2) is 0 Å². The fourth-order valence-electron chi connectivity index (χ4n) is 2.82. The van der Waals surface area contributed by atoms with Gasteiger partial charge in [0.1, 0.15) is 0 Å². The van der Waals surface area contributed by atoms with E-state index in [0.29, 0.717) is 36.5 Å². The summed E-state index contributed by atoms with van der Waals surface area (Å²) in [7, 11) is 0. The Bertz CT molecular complexity index is 596. The Morgan fingerprint density at radius 2 is 1.77 bits per heavy atom. The van der Waals surface area contributed by atoms with Crippen LogP contribution in [-0.4, -0.2) is 51.7 Å². The van der Waals surface area contributed by atoms with E-state index < -0.39 is 0 Å². The standard InChI is InChI=1S/C15H15ClN2O3S/c16-11-3-1-10(2-4-11)14(20)17-7-5-12(6-8-17)18-13(19)9-22-15(18)21/h1-4,12H,5-9H2. The summed E-state index contributed by atoms with van der Waals surface area (Å²) >= 11 is 6.88. The third kappa shape index (κ3) is 2.98. The van der Waals surface area contributed by atoms with Gasteiger partial charge in [0.05, 0.1) is 5.75 Å². The van der Waals surface area contributed by atoms with Crippen molar-refractivity contribution >= 4 is 40.4 Å². The summed E-state index contributed by atoms with van der Waals surface area (Å²) in [6, 6.07) is 6.73. The SMILES string of the molecule is O=C(c1ccc(Cl)cc1)N1CCC(N2C(=O)CSC2=O)CC1. The molecule has 2 aliphatic rings. The van der Waals surface area contributed by atoms with Crippen molar-refractivity contribution < 1.29 is 14.4 Å². The molecule has 2 aliphatic heterocycles. The molecular weight excluding hydrogens is 324 g/mol. The van der Waals surface area contributed by atoms with Crippen LogP contribution in [0.15, 0.2) is 24.3 Å². The zero-order valence-corrected chi connectivity index (χ0v) is 13.4. The highest BCUT2D eigenvalue weighted by Crippen LogP contribution is 2.27. The molecule has 116 valence electrons. The highest BCUT2D eigenvalue weighted by Gasteiger charge is 2.37. The van der Waals surface area contributed by atoms with Crippen molar-refractivity contribution in [2.45, 2.75) is 18.9 Å². The lowest BCUT2D eigenvalue weighted by atomic mass is 10.0. The quantitative estimate of drug-likeness (QED) is 0.831. The van der Waals surface area contributed by atoms with Crippen molar-refractivity contribution in [3.8, 4) is 0 Å². The summed E-state index contributed by atoms with van der Waals surface area (Å²) in [4.78, 5) is 39.0.